The summed E-state index contributed by atoms with van der Waals surface area (Å²) in [7, 11) is 0. The van der Waals surface area contributed by atoms with Crippen LogP contribution >= 0.6 is 11.6 Å². The average molecular weight is 270 g/mol. The lowest BCUT2D eigenvalue weighted by Crippen LogP contribution is -2.23. The molecule has 1 aromatic heterocycles. The maximum absolute atomic E-state index is 9.80. The molecule has 1 heterocycles. The topological polar surface area (TPSA) is 58.0 Å². The van der Waals surface area contributed by atoms with Crippen LogP contribution < -0.4 is 5.32 Å². The zero-order valence-corrected chi connectivity index (χ0v) is 11.7. The smallest absolute Gasteiger partial charge is 0.138 e. The number of aliphatic hydroxyl groups excluding tert-OH is 1. The van der Waals surface area contributed by atoms with Gasteiger partial charge in [0.15, 0.2) is 0 Å². The van der Waals surface area contributed by atoms with Crippen molar-refractivity contribution in [1.29, 1.82) is 0 Å². The monoisotopic (exact) mass is 269 g/mol. The van der Waals surface area contributed by atoms with E-state index in [1.54, 1.807) is 0 Å². The SMILES string of the molecule is CCc1c(Cl)nc(C)nc1NCC1CCCC1O. The van der Waals surface area contributed by atoms with Gasteiger partial charge in [-0.3, -0.25) is 0 Å². The van der Waals surface area contributed by atoms with E-state index in [0.717, 1.165) is 43.6 Å². The normalized spacial score (nSPS) is 23.3. The minimum absolute atomic E-state index is 0.180. The molecule has 0 bridgehead atoms. The van der Waals surface area contributed by atoms with Gasteiger partial charge in [-0.05, 0) is 26.2 Å². The average Bonchev–Trinajstić information content (AvgIpc) is 2.71. The Morgan fingerprint density at radius 3 is 2.78 bits per heavy atom. The lowest BCUT2D eigenvalue weighted by Gasteiger charge is -2.17. The fourth-order valence-electron chi connectivity index (χ4n) is 2.50. The van der Waals surface area contributed by atoms with Gasteiger partial charge in [0.25, 0.3) is 0 Å². The molecular formula is C13H20ClN3O. The Morgan fingerprint density at radius 2 is 2.17 bits per heavy atom. The summed E-state index contributed by atoms with van der Waals surface area (Å²) >= 11 is 6.12. The molecule has 18 heavy (non-hydrogen) atoms. The van der Waals surface area contributed by atoms with E-state index in [2.05, 4.69) is 15.3 Å². The molecule has 0 aliphatic heterocycles. The Balaban J connectivity index is 2.08. The third-order valence-electron chi connectivity index (χ3n) is 3.57. The largest absolute Gasteiger partial charge is 0.393 e. The second-order valence-corrected chi connectivity index (χ2v) is 5.24. The lowest BCUT2D eigenvalue weighted by atomic mass is 10.1. The number of aromatic nitrogens is 2. The van der Waals surface area contributed by atoms with E-state index in [1.165, 1.54) is 0 Å². The molecule has 0 saturated heterocycles. The number of hydrogen-bond acceptors (Lipinski definition) is 4. The Hall–Kier alpha value is -0.870. The first-order valence-corrected chi connectivity index (χ1v) is 6.94. The fourth-order valence-corrected chi connectivity index (χ4v) is 2.85. The van der Waals surface area contributed by atoms with Gasteiger partial charge in [-0.25, -0.2) is 9.97 Å². The summed E-state index contributed by atoms with van der Waals surface area (Å²) in [5.41, 5.74) is 0.953. The van der Waals surface area contributed by atoms with Crippen LogP contribution in [-0.2, 0) is 6.42 Å². The van der Waals surface area contributed by atoms with Crippen LogP contribution in [0.25, 0.3) is 0 Å². The molecule has 1 aliphatic rings. The van der Waals surface area contributed by atoms with Gasteiger partial charge in [-0.15, -0.1) is 0 Å². The summed E-state index contributed by atoms with van der Waals surface area (Å²) < 4.78 is 0. The molecular weight excluding hydrogens is 250 g/mol. The molecule has 1 aliphatic carbocycles. The van der Waals surface area contributed by atoms with E-state index in [9.17, 15) is 5.11 Å². The van der Waals surface area contributed by atoms with Crippen LogP contribution in [0.5, 0.6) is 0 Å². The first kappa shape index (κ1) is 13.6. The summed E-state index contributed by atoms with van der Waals surface area (Å²) in [6.07, 6.45) is 3.72. The zero-order valence-electron chi connectivity index (χ0n) is 10.9. The van der Waals surface area contributed by atoms with E-state index in [-0.39, 0.29) is 6.10 Å². The molecule has 2 N–H and O–H groups in total. The summed E-state index contributed by atoms with van der Waals surface area (Å²) in [6, 6.07) is 0. The number of aryl methyl sites for hydroxylation is 1. The molecule has 1 aromatic rings. The van der Waals surface area contributed by atoms with Gasteiger partial charge in [-0.2, -0.15) is 0 Å². The molecule has 1 saturated carbocycles. The highest BCUT2D eigenvalue weighted by molar-refractivity contribution is 6.30. The predicted octanol–water partition coefficient (Wildman–Crippen LogP) is 2.57. The second kappa shape index (κ2) is 5.85. The predicted molar refractivity (Wildman–Crippen MR) is 73.0 cm³/mol. The van der Waals surface area contributed by atoms with E-state index in [1.807, 2.05) is 13.8 Å². The van der Waals surface area contributed by atoms with Crippen molar-refractivity contribution in [2.75, 3.05) is 11.9 Å². The molecule has 0 amide bonds. The van der Waals surface area contributed by atoms with Crippen molar-refractivity contribution in [2.45, 2.75) is 45.6 Å². The first-order chi connectivity index (χ1) is 8.61. The molecule has 5 heteroatoms. The molecule has 2 atom stereocenters. The maximum atomic E-state index is 9.80. The van der Waals surface area contributed by atoms with Crippen LogP contribution in [0.3, 0.4) is 0 Å². The molecule has 1 fully saturated rings. The summed E-state index contributed by atoms with van der Waals surface area (Å²) in [5.74, 6) is 1.81. The minimum atomic E-state index is -0.180. The van der Waals surface area contributed by atoms with Crippen molar-refractivity contribution in [3.63, 3.8) is 0 Å². The number of nitrogens with one attached hydrogen (secondary N) is 1. The highest BCUT2D eigenvalue weighted by atomic mass is 35.5. The number of aliphatic hydroxyl groups is 1. The van der Waals surface area contributed by atoms with Crippen molar-refractivity contribution in [3.05, 3.63) is 16.5 Å². The number of nitrogens with zero attached hydrogens (tertiary/aromatic N) is 2. The van der Waals surface area contributed by atoms with Gasteiger partial charge in [0.2, 0.25) is 0 Å². The van der Waals surface area contributed by atoms with Gasteiger partial charge in [0, 0.05) is 18.0 Å². The number of halogens is 1. The first-order valence-electron chi connectivity index (χ1n) is 6.56. The van der Waals surface area contributed by atoms with Crippen LogP contribution in [0.1, 0.15) is 37.6 Å². The third-order valence-corrected chi connectivity index (χ3v) is 3.89. The Labute approximate surface area is 113 Å². The van der Waals surface area contributed by atoms with Gasteiger partial charge in [0.1, 0.15) is 16.8 Å². The standard InChI is InChI=1S/C13H20ClN3O/c1-3-10-12(14)16-8(2)17-13(10)15-7-9-5-4-6-11(9)18/h9,11,18H,3-7H2,1-2H3,(H,15,16,17). The van der Waals surface area contributed by atoms with E-state index < -0.39 is 0 Å². The molecule has 0 spiro atoms. The second-order valence-electron chi connectivity index (χ2n) is 4.88. The molecule has 0 radical (unpaired) electrons. The van der Waals surface area contributed by atoms with Crippen LogP contribution in [0, 0.1) is 12.8 Å². The lowest BCUT2D eigenvalue weighted by molar-refractivity contribution is 0.138. The van der Waals surface area contributed by atoms with Crippen LogP contribution in [0.2, 0.25) is 5.15 Å². The molecule has 0 aromatic carbocycles. The van der Waals surface area contributed by atoms with Crippen LogP contribution in [0.15, 0.2) is 0 Å². The number of hydrogen-bond donors (Lipinski definition) is 2. The highest BCUT2D eigenvalue weighted by Crippen LogP contribution is 2.27. The fraction of sp³-hybridized carbons (Fsp3) is 0.692. The summed E-state index contributed by atoms with van der Waals surface area (Å²) in [6.45, 7) is 4.62. The Bertz CT molecular complexity index is 425. The molecule has 100 valence electrons. The van der Waals surface area contributed by atoms with E-state index >= 15 is 0 Å². The van der Waals surface area contributed by atoms with E-state index in [4.69, 9.17) is 11.6 Å². The van der Waals surface area contributed by atoms with Gasteiger partial charge >= 0.3 is 0 Å². The van der Waals surface area contributed by atoms with E-state index in [0.29, 0.717) is 16.9 Å². The summed E-state index contributed by atoms with van der Waals surface area (Å²) in [4.78, 5) is 8.57. The molecule has 4 nitrogen and oxygen atoms in total. The van der Waals surface area contributed by atoms with Crippen LogP contribution in [0.4, 0.5) is 5.82 Å². The summed E-state index contributed by atoms with van der Waals surface area (Å²) in [5, 5.41) is 13.7. The maximum Gasteiger partial charge on any atom is 0.138 e. The van der Waals surface area contributed by atoms with Crippen molar-refractivity contribution >= 4 is 17.4 Å². The number of anilines is 1. The third kappa shape index (κ3) is 2.93. The van der Waals surface area contributed by atoms with Gasteiger partial charge in [0.05, 0.1) is 6.10 Å². The van der Waals surface area contributed by atoms with Crippen molar-refractivity contribution in [2.24, 2.45) is 5.92 Å². The van der Waals surface area contributed by atoms with Crippen LogP contribution in [-0.4, -0.2) is 27.7 Å². The van der Waals surface area contributed by atoms with Crippen molar-refractivity contribution < 1.29 is 5.11 Å². The van der Waals surface area contributed by atoms with Crippen molar-refractivity contribution in [1.82, 2.24) is 9.97 Å². The highest BCUT2D eigenvalue weighted by Gasteiger charge is 2.25. The van der Waals surface area contributed by atoms with Crippen molar-refractivity contribution in [3.8, 4) is 0 Å². The van der Waals surface area contributed by atoms with Gasteiger partial charge < -0.3 is 10.4 Å². The molecule has 2 unspecified atom stereocenters. The molecule has 2 rings (SSSR count). The zero-order chi connectivity index (χ0) is 13.1. The quantitative estimate of drug-likeness (QED) is 0.825. The van der Waals surface area contributed by atoms with Gasteiger partial charge in [-0.1, -0.05) is 24.9 Å². The number of rotatable bonds is 4. The Morgan fingerprint density at radius 1 is 1.39 bits per heavy atom. The minimum Gasteiger partial charge on any atom is -0.393 e. The Kier molecular flexibility index (Phi) is 4.40.